The van der Waals surface area contributed by atoms with Crippen LogP contribution in [-0.2, 0) is 13.1 Å². The second-order valence-corrected chi connectivity index (χ2v) is 6.18. The molecule has 0 N–H and O–H groups in total. The lowest BCUT2D eigenvalue weighted by Crippen LogP contribution is -2.34. The summed E-state index contributed by atoms with van der Waals surface area (Å²) in [4.78, 5) is 12.5. The first-order valence-corrected chi connectivity index (χ1v) is 8.17. The van der Waals surface area contributed by atoms with Crippen molar-refractivity contribution in [3.05, 3.63) is 69.5 Å². The fourth-order valence-corrected chi connectivity index (χ4v) is 3.32. The van der Waals surface area contributed by atoms with E-state index in [1.807, 2.05) is 30.3 Å². The molecular weight excluding hydrogens is 342 g/mol. The van der Waals surface area contributed by atoms with Gasteiger partial charge >= 0.3 is 0 Å². The van der Waals surface area contributed by atoms with Gasteiger partial charge in [-0.25, -0.2) is 0 Å². The number of halogens is 1. The van der Waals surface area contributed by atoms with Crippen molar-refractivity contribution in [1.29, 1.82) is 0 Å². The van der Waals surface area contributed by atoms with Gasteiger partial charge < -0.3 is 9.47 Å². The predicted molar refractivity (Wildman–Crippen MR) is 94.6 cm³/mol. The SMILES string of the molecule is O=[N+]([O-])c1ccc(N2CCn3c(nnc3-c3ccccc3)C2)c(Cl)c1. The predicted octanol–water partition coefficient (Wildman–Crippen LogP) is 3.53. The quantitative estimate of drug-likeness (QED) is 0.530. The van der Waals surface area contributed by atoms with Crippen LogP contribution in [0.5, 0.6) is 0 Å². The van der Waals surface area contributed by atoms with Crippen LogP contribution in [0.2, 0.25) is 5.02 Å². The van der Waals surface area contributed by atoms with Gasteiger partial charge in [0, 0.05) is 30.8 Å². The van der Waals surface area contributed by atoms with Crippen LogP contribution in [0, 0.1) is 10.1 Å². The number of fused-ring (bicyclic) bond motifs is 1. The summed E-state index contributed by atoms with van der Waals surface area (Å²) in [6.07, 6.45) is 0. The Bertz CT molecular complexity index is 941. The second kappa shape index (κ2) is 6.18. The Morgan fingerprint density at radius 2 is 1.88 bits per heavy atom. The summed E-state index contributed by atoms with van der Waals surface area (Å²) >= 11 is 6.25. The smallest absolute Gasteiger partial charge is 0.271 e. The summed E-state index contributed by atoms with van der Waals surface area (Å²) in [7, 11) is 0. The van der Waals surface area contributed by atoms with Gasteiger partial charge in [0.1, 0.15) is 0 Å². The van der Waals surface area contributed by atoms with E-state index in [9.17, 15) is 10.1 Å². The molecule has 8 heteroatoms. The number of hydrogen-bond donors (Lipinski definition) is 0. The third-order valence-electron chi connectivity index (χ3n) is 4.27. The molecule has 25 heavy (non-hydrogen) atoms. The Morgan fingerprint density at radius 3 is 2.60 bits per heavy atom. The van der Waals surface area contributed by atoms with Crippen LogP contribution in [0.15, 0.2) is 48.5 Å². The molecule has 0 amide bonds. The van der Waals surface area contributed by atoms with Crippen LogP contribution in [0.25, 0.3) is 11.4 Å². The highest BCUT2D eigenvalue weighted by Gasteiger charge is 2.24. The highest BCUT2D eigenvalue weighted by Crippen LogP contribution is 2.32. The van der Waals surface area contributed by atoms with E-state index in [1.165, 1.54) is 12.1 Å². The van der Waals surface area contributed by atoms with Crippen molar-refractivity contribution in [1.82, 2.24) is 14.8 Å². The molecule has 0 radical (unpaired) electrons. The van der Waals surface area contributed by atoms with Gasteiger partial charge in [-0.1, -0.05) is 41.9 Å². The van der Waals surface area contributed by atoms with Crippen molar-refractivity contribution in [3.8, 4) is 11.4 Å². The number of non-ortho nitro benzene ring substituents is 1. The lowest BCUT2D eigenvalue weighted by atomic mass is 10.2. The summed E-state index contributed by atoms with van der Waals surface area (Å²) in [6, 6.07) is 14.5. The fraction of sp³-hybridized carbons (Fsp3) is 0.176. The zero-order valence-electron chi connectivity index (χ0n) is 13.2. The molecule has 2 aromatic carbocycles. The number of nitrogens with zero attached hydrogens (tertiary/aromatic N) is 5. The Morgan fingerprint density at radius 1 is 1.08 bits per heavy atom. The van der Waals surface area contributed by atoms with Crippen LogP contribution >= 0.6 is 11.6 Å². The molecule has 0 fully saturated rings. The van der Waals surface area contributed by atoms with Gasteiger partial charge in [0.2, 0.25) is 0 Å². The maximum Gasteiger partial charge on any atom is 0.271 e. The van der Waals surface area contributed by atoms with E-state index in [4.69, 9.17) is 11.6 Å². The first-order chi connectivity index (χ1) is 12.1. The number of aromatic nitrogens is 3. The molecule has 0 spiro atoms. The maximum atomic E-state index is 10.9. The van der Waals surface area contributed by atoms with Crippen LogP contribution in [0.1, 0.15) is 5.82 Å². The van der Waals surface area contributed by atoms with Gasteiger partial charge in [-0.05, 0) is 6.07 Å². The summed E-state index contributed by atoms with van der Waals surface area (Å²) in [5.74, 6) is 1.70. The number of hydrogen-bond acceptors (Lipinski definition) is 5. The molecular formula is C17H14ClN5O2. The Labute approximate surface area is 148 Å². The molecule has 0 unspecified atom stereocenters. The van der Waals surface area contributed by atoms with Gasteiger partial charge in [0.25, 0.3) is 5.69 Å². The monoisotopic (exact) mass is 355 g/mol. The molecule has 1 aromatic heterocycles. The average molecular weight is 356 g/mol. The lowest BCUT2D eigenvalue weighted by molar-refractivity contribution is -0.384. The fourth-order valence-electron chi connectivity index (χ4n) is 3.03. The van der Waals surface area contributed by atoms with Crippen molar-refractivity contribution >= 4 is 23.0 Å². The number of nitro benzene ring substituents is 1. The molecule has 0 aliphatic carbocycles. The third-order valence-corrected chi connectivity index (χ3v) is 4.57. The maximum absolute atomic E-state index is 10.9. The molecule has 0 saturated heterocycles. The van der Waals surface area contributed by atoms with Crippen LogP contribution in [-0.4, -0.2) is 26.2 Å². The largest absolute Gasteiger partial charge is 0.361 e. The van der Waals surface area contributed by atoms with Gasteiger partial charge in [-0.15, -0.1) is 10.2 Å². The number of benzene rings is 2. The molecule has 0 atom stereocenters. The third kappa shape index (κ3) is 2.83. The highest BCUT2D eigenvalue weighted by molar-refractivity contribution is 6.33. The Hall–Kier alpha value is -2.93. The second-order valence-electron chi connectivity index (χ2n) is 5.77. The molecule has 1 aliphatic rings. The molecule has 3 aromatic rings. The molecule has 4 rings (SSSR count). The minimum Gasteiger partial charge on any atom is -0.361 e. The van der Waals surface area contributed by atoms with E-state index in [2.05, 4.69) is 19.7 Å². The zero-order valence-corrected chi connectivity index (χ0v) is 13.9. The summed E-state index contributed by atoms with van der Waals surface area (Å²) in [5.41, 5.74) is 1.78. The van der Waals surface area contributed by atoms with E-state index in [0.717, 1.165) is 36.0 Å². The van der Waals surface area contributed by atoms with E-state index in [0.29, 0.717) is 11.6 Å². The standard InChI is InChI=1S/C17H14ClN5O2/c18-14-10-13(23(24)25)6-7-15(14)21-8-9-22-16(11-21)19-20-17(22)12-4-2-1-3-5-12/h1-7,10H,8-9,11H2. The van der Waals surface area contributed by atoms with Gasteiger partial charge in [-0.2, -0.15) is 0 Å². The van der Waals surface area contributed by atoms with Crippen LogP contribution in [0.3, 0.4) is 0 Å². The van der Waals surface area contributed by atoms with Gasteiger partial charge in [0.15, 0.2) is 11.6 Å². The minimum absolute atomic E-state index is 0.0136. The van der Waals surface area contributed by atoms with Crippen molar-refractivity contribution in [2.24, 2.45) is 0 Å². The number of rotatable bonds is 3. The Kier molecular flexibility index (Phi) is 3.85. The number of anilines is 1. The molecule has 126 valence electrons. The summed E-state index contributed by atoms with van der Waals surface area (Å²) in [5, 5.41) is 19.8. The van der Waals surface area contributed by atoms with Crippen molar-refractivity contribution in [2.45, 2.75) is 13.1 Å². The van der Waals surface area contributed by atoms with E-state index in [1.54, 1.807) is 6.07 Å². The van der Waals surface area contributed by atoms with Crippen molar-refractivity contribution < 1.29 is 4.92 Å². The van der Waals surface area contributed by atoms with Gasteiger partial charge in [0.05, 0.1) is 22.2 Å². The molecule has 1 aliphatic heterocycles. The first kappa shape index (κ1) is 15.6. The topological polar surface area (TPSA) is 77.1 Å². The van der Waals surface area contributed by atoms with Crippen LogP contribution < -0.4 is 4.90 Å². The normalized spacial score (nSPS) is 13.6. The van der Waals surface area contributed by atoms with Crippen molar-refractivity contribution in [2.75, 3.05) is 11.4 Å². The Balaban J connectivity index is 1.62. The molecule has 0 bridgehead atoms. The van der Waals surface area contributed by atoms with E-state index >= 15 is 0 Å². The minimum atomic E-state index is -0.450. The zero-order chi connectivity index (χ0) is 17.4. The number of nitro groups is 1. The van der Waals surface area contributed by atoms with Crippen molar-refractivity contribution in [3.63, 3.8) is 0 Å². The van der Waals surface area contributed by atoms with E-state index < -0.39 is 4.92 Å². The molecule has 0 saturated carbocycles. The first-order valence-electron chi connectivity index (χ1n) is 7.80. The molecule has 2 heterocycles. The molecule has 7 nitrogen and oxygen atoms in total. The van der Waals surface area contributed by atoms with Gasteiger partial charge in [-0.3, -0.25) is 10.1 Å². The average Bonchev–Trinajstić information content (AvgIpc) is 3.05. The van der Waals surface area contributed by atoms with Crippen LogP contribution in [0.4, 0.5) is 11.4 Å². The summed E-state index contributed by atoms with van der Waals surface area (Å²) in [6.45, 7) is 2.00. The van der Waals surface area contributed by atoms with E-state index in [-0.39, 0.29) is 5.69 Å². The highest BCUT2D eigenvalue weighted by atomic mass is 35.5. The summed E-state index contributed by atoms with van der Waals surface area (Å²) < 4.78 is 2.10. The lowest BCUT2D eigenvalue weighted by Gasteiger charge is -2.30.